The van der Waals surface area contributed by atoms with E-state index in [1.807, 2.05) is 0 Å². The van der Waals surface area contributed by atoms with Crippen molar-refractivity contribution in [1.82, 2.24) is 4.98 Å². The Morgan fingerprint density at radius 2 is 1.91 bits per heavy atom. The van der Waals surface area contributed by atoms with Crippen molar-refractivity contribution in [3.05, 3.63) is 93.8 Å². The van der Waals surface area contributed by atoms with Crippen LogP contribution < -0.4 is 9.64 Å². The largest absolute Gasteiger partial charge is 0.507 e. The van der Waals surface area contributed by atoms with E-state index < -0.39 is 35.1 Å². The number of hydrogen-bond donors (Lipinski definition) is 1. The summed E-state index contributed by atoms with van der Waals surface area (Å²) in [6.45, 7) is 1.74. The van der Waals surface area contributed by atoms with Gasteiger partial charge >= 0.3 is 0 Å². The number of pyridine rings is 1. The van der Waals surface area contributed by atoms with E-state index in [2.05, 4.69) is 4.98 Å². The second-order valence-electron chi connectivity index (χ2n) is 7.38. The Morgan fingerprint density at radius 1 is 1.15 bits per heavy atom. The van der Waals surface area contributed by atoms with Crippen LogP contribution in [0.25, 0.3) is 5.76 Å². The van der Waals surface area contributed by atoms with E-state index in [-0.39, 0.29) is 27.6 Å². The van der Waals surface area contributed by atoms with E-state index in [1.54, 1.807) is 31.2 Å². The van der Waals surface area contributed by atoms with Crippen LogP contribution in [0.4, 0.5) is 14.5 Å². The number of methoxy groups -OCH3 is 1. The third-order valence-electron chi connectivity index (χ3n) is 5.27. The summed E-state index contributed by atoms with van der Waals surface area (Å²) in [6, 6.07) is 8.06. The molecule has 2 aromatic carbocycles. The molecule has 9 heteroatoms. The first-order chi connectivity index (χ1) is 15.7. The summed E-state index contributed by atoms with van der Waals surface area (Å²) in [5.74, 6) is -4.72. The summed E-state index contributed by atoms with van der Waals surface area (Å²) in [5, 5.41) is 11.5. The molecule has 2 heterocycles. The van der Waals surface area contributed by atoms with Gasteiger partial charge in [-0.3, -0.25) is 19.5 Å². The van der Waals surface area contributed by atoms with E-state index in [9.17, 15) is 23.5 Å². The Labute approximate surface area is 192 Å². The number of aromatic nitrogens is 1. The molecule has 1 amide bonds. The number of hydrogen-bond acceptors (Lipinski definition) is 5. The van der Waals surface area contributed by atoms with Gasteiger partial charge in [0, 0.05) is 24.1 Å². The number of halogens is 3. The molecular weight excluding hydrogens is 454 g/mol. The Kier molecular flexibility index (Phi) is 5.86. The molecular formula is C24H17ClF2N2O4. The molecule has 1 unspecified atom stereocenters. The van der Waals surface area contributed by atoms with Crippen molar-refractivity contribution in [2.45, 2.75) is 13.0 Å². The molecule has 4 rings (SSSR count). The van der Waals surface area contributed by atoms with Crippen molar-refractivity contribution in [2.24, 2.45) is 0 Å². The van der Waals surface area contributed by atoms with Crippen molar-refractivity contribution in [3.8, 4) is 5.75 Å². The van der Waals surface area contributed by atoms with Crippen molar-refractivity contribution >= 4 is 34.7 Å². The maximum atomic E-state index is 14.0. The number of ether oxygens (including phenoxy) is 1. The normalized spacial score (nSPS) is 17.5. The molecule has 1 N–H and O–H groups in total. The molecule has 1 aliphatic rings. The number of benzene rings is 2. The third kappa shape index (κ3) is 3.82. The average molecular weight is 471 g/mol. The monoisotopic (exact) mass is 470 g/mol. The zero-order chi connectivity index (χ0) is 23.9. The standard InChI is InChI=1S/C24H17ClF2N2O4/c1-12-8-15(23(33-2)16(25)9-12)21(30)19-20(13-4-3-7-28-11-13)29(24(32)22(19)31)14-5-6-17(26)18(27)10-14/h3-11,20,30H,1-2H3/b21-19+. The van der Waals surface area contributed by atoms with Gasteiger partial charge in [-0.1, -0.05) is 17.7 Å². The van der Waals surface area contributed by atoms with E-state index in [4.69, 9.17) is 16.3 Å². The number of carbonyl (C=O) groups is 2. The number of carbonyl (C=O) groups excluding carboxylic acids is 2. The molecule has 6 nitrogen and oxygen atoms in total. The molecule has 168 valence electrons. The van der Waals surface area contributed by atoms with Crippen LogP contribution in [0, 0.1) is 18.6 Å². The first-order valence-electron chi connectivity index (χ1n) is 9.75. The highest BCUT2D eigenvalue weighted by atomic mass is 35.5. The molecule has 0 bridgehead atoms. The van der Waals surface area contributed by atoms with Gasteiger partial charge in [0.25, 0.3) is 11.7 Å². The van der Waals surface area contributed by atoms with Gasteiger partial charge in [0.05, 0.1) is 29.3 Å². The van der Waals surface area contributed by atoms with Gasteiger partial charge in [0.15, 0.2) is 11.6 Å². The van der Waals surface area contributed by atoms with Crippen LogP contribution in [0.2, 0.25) is 5.02 Å². The van der Waals surface area contributed by atoms with Crippen LogP contribution in [-0.2, 0) is 9.59 Å². The zero-order valence-electron chi connectivity index (χ0n) is 17.5. The van der Waals surface area contributed by atoms with E-state index in [1.165, 1.54) is 25.6 Å². The first-order valence-corrected chi connectivity index (χ1v) is 10.1. The number of aryl methyl sites for hydroxylation is 1. The van der Waals surface area contributed by atoms with Crippen LogP contribution in [0.3, 0.4) is 0 Å². The number of nitrogens with zero attached hydrogens (tertiary/aromatic N) is 2. The Morgan fingerprint density at radius 3 is 2.55 bits per heavy atom. The lowest BCUT2D eigenvalue weighted by atomic mass is 9.95. The second kappa shape index (κ2) is 8.63. The number of rotatable bonds is 4. The summed E-state index contributed by atoms with van der Waals surface area (Å²) >= 11 is 6.25. The van der Waals surface area contributed by atoms with E-state index in [0.717, 1.165) is 17.0 Å². The number of aliphatic hydroxyl groups is 1. The van der Waals surface area contributed by atoms with Gasteiger partial charge in [-0.25, -0.2) is 8.78 Å². The van der Waals surface area contributed by atoms with Crippen LogP contribution >= 0.6 is 11.6 Å². The van der Waals surface area contributed by atoms with Crippen molar-refractivity contribution in [1.29, 1.82) is 0 Å². The Bertz CT molecular complexity index is 1310. The molecule has 3 aromatic rings. The maximum Gasteiger partial charge on any atom is 0.300 e. The minimum Gasteiger partial charge on any atom is -0.507 e. The number of aliphatic hydroxyl groups excluding tert-OH is 1. The van der Waals surface area contributed by atoms with Gasteiger partial charge in [-0.2, -0.15) is 0 Å². The highest BCUT2D eigenvalue weighted by molar-refractivity contribution is 6.51. The summed E-state index contributed by atoms with van der Waals surface area (Å²) in [5.41, 5.74) is 0.839. The number of Topliss-reactive ketones (excluding diaryl/α,β-unsaturated/α-hetero) is 1. The highest BCUT2D eigenvalue weighted by Crippen LogP contribution is 2.44. The molecule has 33 heavy (non-hydrogen) atoms. The maximum absolute atomic E-state index is 14.0. The summed E-state index contributed by atoms with van der Waals surface area (Å²) < 4.78 is 32.8. The summed E-state index contributed by atoms with van der Waals surface area (Å²) in [7, 11) is 1.35. The Balaban J connectivity index is 2.00. The van der Waals surface area contributed by atoms with E-state index >= 15 is 0 Å². The molecule has 1 aliphatic heterocycles. The van der Waals surface area contributed by atoms with Crippen molar-refractivity contribution in [3.63, 3.8) is 0 Å². The quantitative estimate of drug-likeness (QED) is 0.331. The fourth-order valence-corrected chi connectivity index (χ4v) is 4.20. The van der Waals surface area contributed by atoms with E-state index in [0.29, 0.717) is 11.1 Å². The predicted molar refractivity (Wildman–Crippen MR) is 118 cm³/mol. The van der Waals surface area contributed by atoms with Gasteiger partial charge in [0.1, 0.15) is 11.5 Å². The fourth-order valence-electron chi connectivity index (χ4n) is 3.84. The number of anilines is 1. The lowest BCUT2D eigenvalue weighted by Crippen LogP contribution is -2.29. The molecule has 1 atom stereocenters. The number of ketones is 1. The summed E-state index contributed by atoms with van der Waals surface area (Å²) in [4.78, 5) is 31.2. The fraction of sp³-hybridized carbons (Fsp3) is 0.125. The van der Waals surface area contributed by atoms with Crippen molar-refractivity contribution < 1.29 is 28.2 Å². The molecule has 1 aromatic heterocycles. The lowest BCUT2D eigenvalue weighted by molar-refractivity contribution is -0.132. The van der Waals surface area contributed by atoms with Gasteiger partial charge in [-0.15, -0.1) is 0 Å². The van der Waals surface area contributed by atoms with Crippen molar-refractivity contribution in [2.75, 3.05) is 12.0 Å². The molecule has 1 fully saturated rings. The summed E-state index contributed by atoms with van der Waals surface area (Å²) in [6.07, 6.45) is 2.91. The lowest BCUT2D eigenvalue weighted by Gasteiger charge is -2.25. The Hall–Kier alpha value is -3.78. The van der Waals surface area contributed by atoms with Gasteiger partial charge in [0.2, 0.25) is 0 Å². The minimum atomic E-state index is -1.19. The first kappa shape index (κ1) is 22.4. The van der Waals surface area contributed by atoms with Crippen LogP contribution in [0.1, 0.15) is 22.7 Å². The molecule has 0 saturated carbocycles. The van der Waals surface area contributed by atoms with Crippen LogP contribution in [0.15, 0.2) is 60.4 Å². The van der Waals surface area contributed by atoms with Gasteiger partial charge in [-0.05, 0) is 48.4 Å². The van der Waals surface area contributed by atoms with Gasteiger partial charge < -0.3 is 9.84 Å². The predicted octanol–water partition coefficient (Wildman–Crippen LogP) is 4.96. The third-order valence-corrected chi connectivity index (χ3v) is 5.55. The zero-order valence-corrected chi connectivity index (χ0v) is 18.2. The topological polar surface area (TPSA) is 79.7 Å². The minimum absolute atomic E-state index is 0.0573. The molecule has 0 aliphatic carbocycles. The molecule has 1 saturated heterocycles. The number of amides is 1. The van der Waals surface area contributed by atoms with Crippen LogP contribution in [-0.4, -0.2) is 28.9 Å². The SMILES string of the molecule is COc1c(Cl)cc(C)cc1/C(O)=C1\C(=O)C(=O)N(c2ccc(F)c(F)c2)C1c1cccnc1. The average Bonchev–Trinajstić information content (AvgIpc) is 3.06. The smallest absolute Gasteiger partial charge is 0.300 e. The second-order valence-corrected chi connectivity index (χ2v) is 7.79. The van der Waals surface area contributed by atoms with Crippen LogP contribution in [0.5, 0.6) is 5.75 Å². The molecule has 0 radical (unpaired) electrons. The highest BCUT2D eigenvalue weighted by Gasteiger charge is 2.47. The molecule has 0 spiro atoms.